The monoisotopic (exact) mass is 731 g/mol. The van der Waals surface area contributed by atoms with E-state index in [9.17, 15) is 14.7 Å². The van der Waals surface area contributed by atoms with Gasteiger partial charge in [-0.25, -0.2) is 0 Å². The Hall–Kier alpha value is -5.13. The third kappa shape index (κ3) is 10.3. The number of aliphatic hydroxyl groups excluding tert-OH is 1. The van der Waals surface area contributed by atoms with Gasteiger partial charge in [-0.2, -0.15) is 0 Å². The molecule has 5 aromatic carbocycles. The van der Waals surface area contributed by atoms with Crippen LogP contribution in [0.4, 0.5) is 11.4 Å². The summed E-state index contributed by atoms with van der Waals surface area (Å²) >= 11 is 1.70. The second-order valence-electron chi connectivity index (χ2n) is 12.9. The fourth-order valence-electron chi connectivity index (χ4n) is 6.23. The second kappa shape index (κ2) is 18.6. The molecule has 0 bridgehead atoms. The Labute approximate surface area is 314 Å². The van der Waals surface area contributed by atoms with Gasteiger partial charge in [0.2, 0.25) is 11.8 Å². The lowest BCUT2D eigenvalue weighted by Crippen LogP contribution is -2.31. The van der Waals surface area contributed by atoms with Gasteiger partial charge in [-0.3, -0.25) is 9.59 Å². The van der Waals surface area contributed by atoms with Crippen molar-refractivity contribution in [2.45, 2.75) is 62.2 Å². The first-order valence-corrected chi connectivity index (χ1v) is 18.7. The number of aliphatic hydroxyl groups is 1. The van der Waals surface area contributed by atoms with E-state index in [4.69, 9.17) is 19.9 Å². The molecule has 2 amide bonds. The van der Waals surface area contributed by atoms with Crippen LogP contribution in [-0.2, 0) is 32.2 Å². The van der Waals surface area contributed by atoms with Gasteiger partial charge in [0.1, 0.15) is 5.75 Å². The molecule has 0 saturated carbocycles. The molecule has 53 heavy (non-hydrogen) atoms. The number of ether oxygens (including phenoxy) is 3. The summed E-state index contributed by atoms with van der Waals surface area (Å²) in [6, 6.07) is 39.1. The Balaban J connectivity index is 1.08. The Kier molecular flexibility index (Phi) is 13.2. The number of carbonyl (C=O) groups is 2. The number of anilines is 2. The van der Waals surface area contributed by atoms with Gasteiger partial charge in [0.25, 0.3) is 0 Å². The maximum atomic E-state index is 12.7. The summed E-state index contributed by atoms with van der Waals surface area (Å²) < 4.78 is 18.7. The van der Waals surface area contributed by atoms with Gasteiger partial charge in [-0.1, -0.05) is 97.1 Å². The summed E-state index contributed by atoms with van der Waals surface area (Å²) in [6.45, 7) is 0.352. The van der Waals surface area contributed by atoms with Gasteiger partial charge in [-0.15, -0.1) is 11.8 Å². The Morgan fingerprint density at radius 3 is 2.30 bits per heavy atom. The van der Waals surface area contributed by atoms with Crippen LogP contribution in [0.5, 0.6) is 5.75 Å². The molecule has 1 fully saturated rings. The highest BCUT2D eigenvalue weighted by molar-refractivity contribution is 7.99. The van der Waals surface area contributed by atoms with Crippen LogP contribution in [0.1, 0.15) is 60.3 Å². The molecule has 5 N–H and O–H groups in total. The van der Waals surface area contributed by atoms with Crippen molar-refractivity contribution in [2.75, 3.05) is 23.9 Å². The van der Waals surface area contributed by atoms with Crippen LogP contribution in [0.15, 0.2) is 126 Å². The molecule has 0 aromatic heterocycles. The number of nitrogen functional groups attached to an aromatic ring is 1. The fourth-order valence-corrected chi connectivity index (χ4v) is 7.28. The van der Waals surface area contributed by atoms with Crippen molar-refractivity contribution >= 4 is 35.0 Å². The van der Waals surface area contributed by atoms with E-state index in [1.54, 1.807) is 37.1 Å². The van der Waals surface area contributed by atoms with Crippen LogP contribution in [0.2, 0.25) is 0 Å². The molecule has 0 unspecified atom stereocenters. The van der Waals surface area contributed by atoms with E-state index in [1.807, 2.05) is 84.9 Å². The molecular formula is C43H45N3O6S. The summed E-state index contributed by atoms with van der Waals surface area (Å²) in [6.07, 6.45) is 0.707. The van der Waals surface area contributed by atoms with Gasteiger partial charge in [0.05, 0.1) is 37.3 Å². The van der Waals surface area contributed by atoms with Crippen molar-refractivity contribution in [1.82, 2.24) is 5.32 Å². The largest absolute Gasteiger partial charge is 0.496 e. The third-order valence-corrected chi connectivity index (χ3v) is 10.3. The van der Waals surface area contributed by atoms with Gasteiger partial charge < -0.3 is 35.7 Å². The molecular weight excluding hydrogens is 687 g/mol. The zero-order valence-corrected chi connectivity index (χ0v) is 30.5. The Morgan fingerprint density at radius 1 is 0.830 bits per heavy atom. The number of hydrogen-bond acceptors (Lipinski definition) is 8. The number of benzene rings is 5. The van der Waals surface area contributed by atoms with Gasteiger partial charge in [0, 0.05) is 42.0 Å². The van der Waals surface area contributed by atoms with Crippen LogP contribution in [0.25, 0.3) is 11.1 Å². The minimum absolute atomic E-state index is 0.0102. The summed E-state index contributed by atoms with van der Waals surface area (Å²) in [5.74, 6) is 1.26. The molecule has 3 atom stereocenters. The van der Waals surface area contributed by atoms with Gasteiger partial charge >= 0.3 is 0 Å². The van der Waals surface area contributed by atoms with Gasteiger partial charge in [-0.05, 0) is 58.5 Å². The van der Waals surface area contributed by atoms with E-state index in [1.165, 1.54) is 0 Å². The lowest BCUT2D eigenvalue weighted by atomic mass is 9.97. The molecule has 9 nitrogen and oxygen atoms in total. The van der Waals surface area contributed by atoms with Crippen molar-refractivity contribution in [3.8, 4) is 16.9 Å². The molecule has 1 aliphatic heterocycles. The molecule has 1 heterocycles. The smallest absolute Gasteiger partial charge is 0.224 e. The third-order valence-electron chi connectivity index (χ3n) is 9.14. The molecule has 0 radical (unpaired) electrons. The molecule has 5 aromatic rings. The summed E-state index contributed by atoms with van der Waals surface area (Å²) in [5.41, 5.74) is 12.8. The first kappa shape index (κ1) is 37.6. The van der Waals surface area contributed by atoms with Crippen molar-refractivity contribution in [1.29, 1.82) is 0 Å². The highest BCUT2D eigenvalue weighted by atomic mass is 32.2. The fraction of sp³-hybridized carbons (Fsp3) is 0.256. The number of thioether (sulfide) groups is 1. The molecule has 10 heteroatoms. The highest BCUT2D eigenvalue weighted by Crippen LogP contribution is 2.41. The molecule has 6 rings (SSSR count). The van der Waals surface area contributed by atoms with Crippen LogP contribution < -0.4 is 21.1 Å². The summed E-state index contributed by atoms with van der Waals surface area (Å²) in [5, 5.41) is 15.4. The second-order valence-corrected chi connectivity index (χ2v) is 13.9. The quantitative estimate of drug-likeness (QED) is 0.0626. The molecule has 0 aliphatic carbocycles. The van der Waals surface area contributed by atoms with E-state index in [0.29, 0.717) is 30.8 Å². The van der Waals surface area contributed by atoms with Crippen LogP contribution in [-0.4, -0.2) is 35.9 Å². The first-order chi connectivity index (χ1) is 25.9. The van der Waals surface area contributed by atoms with Crippen LogP contribution in [0, 0.1) is 0 Å². The average molecular weight is 732 g/mol. The van der Waals surface area contributed by atoms with E-state index >= 15 is 0 Å². The lowest BCUT2D eigenvalue weighted by Gasteiger charge is -2.36. The Bertz CT molecular complexity index is 1970. The Morgan fingerprint density at radius 2 is 1.53 bits per heavy atom. The summed E-state index contributed by atoms with van der Waals surface area (Å²) in [4.78, 5) is 26.1. The molecule has 1 aliphatic rings. The predicted molar refractivity (Wildman–Crippen MR) is 209 cm³/mol. The number of amides is 2. The van der Waals surface area contributed by atoms with Crippen molar-refractivity contribution < 1.29 is 28.9 Å². The van der Waals surface area contributed by atoms with Crippen LogP contribution in [0.3, 0.4) is 0 Å². The maximum Gasteiger partial charge on any atom is 0.224 e. The lowest BCUT2D eigenvalue weighted by molar-refractivity contribution is -0.245. The summed E-state index contributed by atoms with van der Waals surface area (Å²) in [7, 11) is 1.68. The minimum atomic E-state index is -0.578. The minimum Gasteiger partial charge on any atom is -0.496 e. The van der Waals surface area contributed by atoms with E-state index in [2.05, 4.69) is 28.8 Å². The van der Waals surface area contributed by atoms with Crippen LogP contribution >= 0.6 is 11.8 Å². The highest BCUT2D eigenvalue weighted by Gasteiger charge is 2.32. The average Bonchev–Trinajstić information content (AvgIpc) is 3.20. The number of methoxy groups -OCH3 is 1. The van der Waals surface area contributed by atoms with Crippen molar-refractivity contribution in [3.05, 3.63) is 144 Å². The zero-order chi connectivity index (χ0) is 37.0. The standard InChI is InChI=1S/C43H45N3O6S/c1-50-38-13-6-7-14-40(38)53-28-34-25-39(31-19-17-29(27-47)18-20-31)52-43(51-34)32-23-21-30(22-24-32)35-10-3-2-9-33(35)26-45-41(48)15-8-16-42(49)46-37-12-5-4-11-36(37)44/h2-7,9-14,17-24,34,39,43,47H,8,15-16,25-28,44H2,1H3,(H,45,48)(H,46,49)/t34-,39+,43+/m0/s1. The molecule has 0 spiro atoms. The number of nitrogens with one attached hydrogen (secondary N) is 2. The van der Waals surface area contributed by atoms with Crippen molar-refractivity contribution in [3.63, 3.8) is 0 Å². The number of nitrogens with two attached hydrogens (primary N) is 1. The maximum absolute atomic E-state index is 12.7. The number of hydrogen-bond donors (Lipinski definition) is 4. The van der Waals surface area contributed by atoms with Crippen molar-refractivity contribution in [2.24, 2.45) is 0 Å². The zero-order valence-electron chi connectivity index (χ0n) is 29.7. The number of rotatable bonds is 15. The van der Waals surface area contributed by atoms with Gasteiger partial charge in [0.15, 0.2) is 6.29 Å². The number of carbonyl (C=O) groups excluding carboxylic acids is 2. The first-order valence-electron chi connectivity index (χ1n) is 17.8. The molecule has 1 saturated heterocycles. The predicted octanol–water partition coefficient (Wildman–Crippen LogP) is 8.20. The van der Waals surface area contributed by atoms with E-state index in [-0.39, 0.29) is 43.5 Å². The number of para-hydroxylation sites is 3. The van der Waals surface area contributed by atoms with E-state index in [0.717, 1.165) is 49.8 Å². The molecule has 274 valence electrons. The topological polar surface area (TPSA) is 132 Å². The normalized spacial score (nSPS) is 16.8. The SMILES string of the molecule is COc1ccccc1SC[C@@H]1C[C@H](c2ccc(CO)cc2)O[C@H](c2ccc(-c3ccccc3CNC(=O)CCCC(=O)Nc3ccccc3N)cc2)O1. The van der Waals surface area contributed by atoms with E-state index < -0.39 is 6.29 Å².